The van der Waals surface area contributed by atoms with Crippen LogP contribution in [0.3, 0.4) is 0 Å². The number of aromatic amines is 1. The van der Waals surface area contributed by atoms with Crippen LogP contribution in [0.1, 0.15) is 59.4 Å². The number of aromatic nitrogens is 4. The molecule has 26 heavy (non-hydrogen) atoms. The first-order valence-corrected chi connectivity index (χ1v) is 9.53. The maximum atomic E-state index is 12.9. The van der Waals surface area contributed by atoms with E-state index >= 15 is 0 Å². The number of fused-ring (bicyclic) bond motifs is 1. The normalized spacial score (nSPS) is 20.4. The molecular formula is C19H23N5O2. The summed E-state index contributed by atoms with van der Waals surface area (Å²) in [6.07, 6.45) is 9.25. The molecule has 0 atom stereocenters. The molecule has 2 fully saturated rings. The van der Waals surface area contributed by atoms with Crippen LogP contribution in [-0.4, -0.2) is 43.6 Å². The molecule has 2 aliphatic carbocycles. The molecule has 0 bridgehead atoms. The molecule has 2 aromatic rings. The highest BCUT2D eigenvalue weighted by Crippen LogP contribution is 2.45. The second kappa shape index (κ2) is 5.53. The van der Waals surface area contributed by atoms with Crippen LogP contribution in [0.2, 0.25) is 0 Å². The van der Waals surface area contributed by atoms with Gasteiger partial charge in [0.05, 0.1) is 23.1 Å². The molecule has 5 rings (SSSR count). The zero-order chi connectivity index (χ0) is 17.9. The zero-order valence-corrected chi connectivity index (χ0v) is 15.0. The highest BCUT2D eigenvalue weighted by molar-refractivity contribution is 5.95. The first-order chi connectivity index (χ1) is 12.6. The maximum Gasteiger partial charge on any atom is 0.257 e. The lowest BCUT2D eigenvalue weighted by molar-refractivity contribution is 0.00926. The van der Waals surface area contributed by atoms with Gasteiger partial charge in [0, 0.05) is 24.1 Å². The van der Waals surface area contributed by atoms with Crippen LogP contribution in [0, 0.1) is 12.3 Å². The Kier molecular flexibility index (Phi) is 3.36. The van der Waals surface area contributed by atoms with E-state index in [0.29, 0.717) is 16.9 Å². The van der Waals surface area contributed by atoms with Gasteiger partial charge in [0.15, 0.2) is 0 Å². The molecule has 3 heterocycles. The van der Waals surface area contributed by atoms with Crippen molar-refractivity contribution >= 4 is 5.91 Å². The molecule has 0 aromatic carbocycles. The number of carbonyl (C=O) groups is 1. The third-order valence-electron chi connectivity index (χ3n) is 6.37. The molecule has 1 spiro atoms. The monoisotopic (exact) mass is 353 g/mol. The fourth-order valence-electron chi connectivity index (χ4n) is 4.88. The van der Waals surface area contributed by atoms with Crippen molar-refractivity contribution in [3.05, 3.63) is 39.1 Å². The summed E-state index contributed by atoms with van der Waals surface area (Å²) in [7, 11) is 0. The molecule has 2 aromatic heterocycles. The molecule has 3 aliphatic rings. The minimum Gasteiger partial charge on any atom is -0.337 e. The lowest BCUT2D eigenvalue weighted by Crippen LogP contribution is -2.57. The Morgan fingerprint density at radius 1 is 1.19 bits per heavy atom. The molecule has 1 aliphatic heterocycles. The number of amides is 1. The summed E-state index contributed by atoms with van der Waals surface area (Å²) in [5, 5.41) is 4.34. The predicted octanol–water partition coefficient (Wildman–Crippen LogP) is 1.77. The van der Waals surface area contributed by atoms with Crippen molar-refractivity contribution in [1.29, 1.82) is 0 Å². The minimum atomic E-state index is -0.0869. The number of hydrogen-bond donors (Lipinski definition) is 1. The Hall–Kier alpha value is -2.44. The van der Waals surface area contributed by atoms with Gasteiger partial charge in [-0.2, -0.15) is 5.10 Å². The van der Waals surface area contributed by atoms with Crippen LogP contribution >= 0.6 is 0 Å². The number of carbonyl (C=O) groups excluding carboxylic acids is 1. The number of H-pyrrole nitrogens is 1. The van der Waals surface area contributed by atoms with Crippen molar-refractivity contribution in [3.8, 4) is 5.95 Å². The van der Waals surface area contributed by atoms with Crippen molar-refractivity contribution in [2.45, 2.75) is 51.9 Å². The molecular weight excluding hydrogens is 330 g/mol. The summed E-state index contributed by atoms with van der Waals surface area (Å²) in [6.45, 7) is 3.59. The van der Waals surface area contributed by atoms with Gasteiger partial charge in [-0.1, -0.05) is 12.8 Å². The Labute approximate surface area is 151 Å². The van der Waals surface area contributed by atoms with Gasteiger partial charge < -0.3 is 4.90 Å². The lowest BCUT2D eigenvalue weighted by Gasteiger charge is -2.48. The summed E-state index contributed by atoms with van der Waals surface area (Å²) in [4.78, 5) is 34.4. The second-order valence-corrected chi connectivity index (χ2v) is 8.09. The molecule has 7 heteroatoms. The maximum absolute atomic E-state index is 12.9. The van der Waals surface area contributed by atoms with Gasteiger partial charge in [-0.15, -0.1) is 0 Å². The first kappa shape index (κ1) is 15.8. The average molecular weight is 353 g/mol. The number of nitrogens with one attached hydrogen (secondary N) is 1. The molecule has 1 saturated heterocycles. The van der Waals surface area contributed by atoms with E-state index in [1.54, 1.807) is 10.9 Å². The molecule has 7 nitrogen and oxygen atoms in total. The number of nitrogens with zero attached hydrogens (tertiary/aromatic N) is 4. The summed E-state index contributed by atoms with van der Waals surface area (Å²) in [5.74, 6) is 0.442. The summed E-state index contributed by atoms with van der Waals surface area (Å²) in [5.41, 5.74) is 3.27. The van der Waals surface area contributed by atoms with Gasteiger partial charge in [-0.3, -0.25) is 14.6 Å². The van der Waals surface area contributed by atoms with Crippen molar-refractivity contribution < 1.29 is 4.79 Å². The Balaban J connectivity index is 1.42. The molecule has 0 unspecified atom stereocenters. The van der Waals surface area contributed by atoms with Gasteiger partial charge in [0.2, 0.25) is 5.95 Å². The highest BCUT2D eigenvalue weighted by atomic mass is 16.2. The largest absolute Gasteiger partial charge is 0.337 e. The van der Waals surface area contributed by atoms with Crippen molar-refractivity contribution in [2.75, 3.05) is 13.1 Å². The molecule has 1 N–H and O–H groups in total. The third kappa shape index (κ3) is 2.26. The van der Waals surface area contributed by atoms with Crippen molar-refractivity contribution in [3.63, 3.8) is 0 Å². The SMILES string of the molecule is Cc1c(C(=O)N2CC3(CCCC3)C2)cnn1-c1nc2c(c(=O)[nH]1)CCC2. The summed E-state index contributed by atoms with van der Waals surface area (Å²) < 4.78 is 1.58. The van der Waals surface area contributed by atoms with Gasteiger partial charge in [0.25, 0.3) is 11.5 Å². The first-order valence-electron chi connectivity index (χ1n) is 9.53. The van der Waals surface area contributed by atoms with E-state index in [9.17, 15) is 9.59 Å². The smallest absolute Gasteiger partial charge is 0.257 e. The molecule has 1 saturated carbocycles. The van der Waals surface area contributed by atoms with Gasteiger partial charge in [-0.05, 0) is 39.0 Å². The zero-order valence-electron chi connectivity index (χ0n) is 15.0. The van der Waals surface area contributed by atoms with Crippen LogP contribution in [-0.2, 0) is 12.8 Å². The topological polar surface area (TPSA) is 83.9 Å². The lowest BCUT2D eigenvalue weighted by atomic mass is 9.78. The highest BCUT2D eigenvalue weighted by Gasteiger charge is 2.47. The quantitative estimate of drug-likeness (QED) is 0.892. The number of aryl methyl sites for hydroxylation is 1. The number of hydrogen-bond acceptors (Lipinski definition) is 4. The van der Waals surface area contributed by atoms with Gasteiger partial charge in [0.1, 0.15) is 0 Å². The standard InChI is InChI=1S/C19H23N5O2/c1-12-14(17(26)23-10-19(11-23)7-2-3-8-19)9-20-24(12)18-21-15-6-4-5-13(15)16(25)22-18/h9H,2-8,10-11H2,1H3,(H,21,22,25). The van der Waals surface area contributed by atoms with Gasteiger partial charge in [-0.25, -0.2) is 9.67 Å². The Morgan fingerprint density at radius 2 is 1.96 bits per heavy atom. The summed E-state index contributed by atoms with van der Waals surface area (Å²) >= 11 is 0. The van der Waals surface area contributed by atoms with Crippen LogP contribution in [0.15, 0.2) is 11.0 Å². The Bertz CT molecular complexity index is 943. The van der Waals surface area contributed by atoms with E-state index in [0.717, 1.165) is 49.3 Å². The van der Waals surface area contributed by atoms with Crippen molar-refractivity contribution in [2.24, 2.45) is 5.41 Å². The fraction of sp³-hybridized carbons (Fsp3) is 0.579. The molecule has 0 radical (unpaired) electrons. The van der Waals surface area contributed by atoms with Crippen molar-refractivity contribution in [1.82, 2.24) is 24.6 Å². The molecule has 1 amide bonds. The van der Waals surface area contributed by atoms with E-state index in [1.165, 1.54) is 25.7 Å². The van der Waals surface area contributed by atoms with Crippen LogP contribution in [0.25, 0.3) is 5.95 Å². The van der Waals surface area contributed by atoms with E-state index in [2.05, 4.69) is 15.1 Å². The summed E-state index contributed by atoms with van der Waals surface area (Å²) in [6, 6.07) is 0. The second-order valence-electron chi connectivity index (χ2n) is 8.09. The van der Waals surface area contributed by atoms with E-state index < -0.39 is 0 Å². The number of rotatable bonds is 2. The van der Waals surface area contributed by atoms with E-state index in [-0.39, 0.29) is 11.5 Å². The third-order valence-corrected chi connectivity index (χ3v) is 6.37. The molecule has 136 valence electrons. The average Bonchev–Trinajstić information content (AvgIpc) is 3.31. The van der Waals surface area contributed by atoms with E-state index in [1.807, 2.05) is 11.8 Å². The van der Waals surface area contributed by atoms with Gasteiger partial charge >= 0.3 is 0 Å². The Morgan fingerprint density at radius 3 is 2.73 bits per heavy atom. The predicted molar refractivity (Wildman–Crippen MR) is 95.5 cm³/mol. The van der Waals surface area contributed by atoms with Crippen LogP contribution < -0.4 is 5.56 Å². The van der Waals surface area contributed by atoms with Crippen LogP contribution in [0.5, 0.6) is 0 Å². The number of likely N-dealkylation sites (tertiary alicyclic amines) is 1. The van der Waals surface area contributed by atoms with E-state index in [4.69, 9.17) is 0 Å². The minimum absolute atomic E-state index is 0.0368. The fourth-order valence-corrected chi connectivity index (χ4v) is 4.88. The van der Waals surface area contributed by atoms with Crippen LogP contribution in [0.4, 0.5) is 0 Å².